The van der Waals surface area contributed by atoms with Gasteiger partial charge in [-0.2, -0.15) is 0 Å². The van der Waals surface area contributed by atoms with E-state index in [2.05, 4.69) is 14.3 Å². The first-order valence-corrected chi connectivity index (χ1v) is 1.92. The van der Waals surface area contributed by atoms with Gasteiger partial charge in [0.25, 0.3) is 0 Å². The standard InChI is InChI=1S/C3H4N2O3/c1-7-3-5-4-2(6)8-3/h1H3,(H,4,6). The lowest BCUT2D eigenvalue weighted by Gasteiger charge is -1.81. The van der Waals surface area contributed by atoms with Crippen molar-refractivity contribution in [3.8, 4) is 6.08 Å². The zero-order valence-corrected chi connectivity index (χ0v) is 4.17. The van der Waals surface area contributed by atoms with Crippen LogP contribution in [-0.4, -0.2) is 17.3 Å². The number of nitrogens with one attached hydrogen (secondary N) is 1. The predicted octanol–water partition coefficient (Wildman–Crippen LogP) is -0.629. The molecule has 0 spiro atoms. The summed E-state index contributed by atoms with van der Waals surface area (Å²) in [6.45, 7) is 0. The van der Waals surface area contributed by atoms with Gasteiger partial charge in [-0.15, -0.1) is 0 Å². The molecule has 5 heteroatoms. The van der Waals surface area contributed by atoms with Crippen LogP contribution in [0.4, 0.5) is 0 Å². The molecule has 8 heavy (non-hydrogen) atoms. The van der Waals surface area contributed by atoms with Gasteiger partial charge in [0.2, 0.25) is 0 Å². The van der Waals surface area contributed by atoms with Crippen molar-refractivity contribution in [2.24, 2.45) is 0 Å². The van der Waals surface area contributed by atoms with E-state index in [1.54, 1.807) is 0 Å². The molecule has 0 aliphatic heterocycles. The Labute approximate surface area is 44.3 Å². The first-order valence-electron chi connectivity index (χ1n) is 1.92. The Kier molecular flexibility index (Phi) is 1.03. The van der Waals surface area contributed by atoms with Gasteiger partial charge in [0.1, 0.15) is 0 Å². The van der Waals surface area contributed by atoms with Crippen molar-refractivity contribution < 1.29 is 9.15 Å². The summed E-state index contributed by atoms with van der Waals surface area (Å²) in [7, 11) is 1.36. The Morgan fingerprint density at radius 1 is 1.88 bits per heavy atom. The molecule has 1 N–H and O–H groups in total. The highest BCUT2D eigenvalue weighted by molar-refractivity contribution is 4.75. The molecule has 0 atom stereocenters. The Morgan fingerprint density at radius 2 is 2.62 bits per heavy atom. The van der Waals surface area contributed by atoms with Crippen molar-refractivity contribution in [3.05, 3.63) is 10.6 Å². The van der Waals surface area contributed by atoms with Gasteiger partial charge < -0.3 is 9.15 Å². The van der Waals surface area contributed by atoms with E-state index >= 15 is 0 Å². The zero-order chi connectivity index (χ0) is 5.98. The third-order valence-corrected chi connectivity index (χ3v) is 0.593. The zero-order valence-electron chi connectivity index (χ0n) is 4.17. The molecule has 1 aromatic rings. The summed E-state index contributed by atoms with van der Waals surface area (Å²) in [5.74, 6) is -0.609. The minimum atomic E-state index is -0.609. The van der Waals surface area contributed by atoms with Crippen molar-refractivity contribution in [1.82, 2.24) is 10.2 Å². The summed E-state index contributed by atoms with van der Waals surface area (Å²) in [5.41, 5.74) is 0. The predicted molar refractivity (Wildman–Crippen MR) is 23.7 cm³/mol. The van der Waals surface area contributed by atoms with Crippen LogP contribution in [0.1, 0.15) is 0 Å². The van der Waals surface area contributed by atoms with E-state index in [-0.39, 0.29) is 6.08 Å². The lowest BCUT2D eigenvalue weighted by Crippen LogP contribution is -1.93. The molecule has 0 bridgehead atoms. The number of ether oxygens (including phenoxy) is 1. The molecule has 1 aromatic heterocycles. The van der Waals surface area contributed by atoms with Crippen LogP contribution in [0.15, 0.2) is 9.21 Å². The minimum Gasteiger partial charge on any atom is -0.452 e. The summed E-state index contributed by atoms with van der Waals surface area (Å²) in [5, 5.41) is 5.33. The molecule has 1 heterocycles. The van der Waals surface area contributed by atoms with Crippen LogP contribution < -0.4 is 10.5 Å². The number of hydrogen-bond donors (Lipinski definition) is 1. The van der Waals surface area contributed by atoms with E-state index in [0.717, 1.165) is 0 Å². The van der Waals surface area contributed by atoms with Crippen LogP contribution in [-0.2, 0) is 0 Å². The smallest absolute Gasteiger partial charge is 0.436 e. The third-order valence-electron chi connectivity index (χ3n) is 0.593. The van der Waals surface area contributed by atoms with Crippen LogP contribution in [0, 0.1) is 0 Å². The fourth-order valence-electron chi connectivity index (χ4n) is 0.304. The lowest BCUT2D eigenvalue weighted by atomic mass is 11.3. The van der Waals surface area contributed by atoms with Crippen LogP contribution >= 0.6 is 0 Å². The average Bonchev–Trinajstić information content (AvgIpc) is 2.14. The van der Waals surface area contributed by atoms with Gasteiger partial charge in [0, 0.05) is 0 Å². The second-order valence-electron chi connectivity index (χ2n) is 1.08. The maximum atomic E-state index is 10.1. The monoisotopic (exact) mass is 116 g/mol. The maximum absolute atomic E-state index is 10.1. The Hall–Kier alpha value is -1.26. The van der Waals surface area contributed by atoms with Crippen LogP contribution in [0.3, 0.4) is 0 Å². The number of rotatable bonds is 1. The average molecular weight is 116 g/mol. The summed E-state index contributed by atoms with van der Waals surface area (Å²) in [4.78, 5) is 10.1. The number of aromatic nitrogens is 2. The van der Waals surface area contributed by atoms with Crippen molar-refractivity contribution in [1.29, 1.82) is 0 Å². The second kappa shape index (κ2) is 1.69. The molecule has 0 unspecified atom stereocenters. The highest BCUT2D eigenvalue weighted by Crippen LogP contribution is 1.93. The lowest BCUT2D eigenvalue weighted by molar-refractivity contribution is 0.282. The number of H-pyrrole nitrogens is 1. The van der Waals surface area contributed by atoms with Gasteiger partial charge in [0.15, 0.2) is 0 Å². The van der Waals surface area contributed by atoms with E-state index in [0.29, 0.717) is 0 Å². The van der Waals surface area contributed by atoms with Crippen molar-refractivity contribution in [2.45, 2.75) is 0 Å². The van der Waals surface area contributed by atoms with Gasteiger partial charge in [0.05, 0.1) is 7.11 Å². The third kappa shape index (κ3) is 0.699. The Balaban J connectivity index is 3.01. The minimum absolute atomic E-state index is 0.0463. The normalized spacial score (nSPS) is 9.12. The van der Waals surface area contributed by atoms with Crippen molar-refractivity contribution in [2.75, 3.05) is 7.11 Å². The molecular weight excluding hydrogens is 112 g/mol. The largest absolute Gasteiger partial charge is 0.452 e. The van der Waals surface area contributed by atoms with Gasteiger partial charge in [-0.25, -0.2) is 9.89 Å². The molecule has 0 fully saturated rings. The molecule has 0 aromatic carbocycles. The first-order chi connectivity index (χ1) is 3.83. The van der Waals surface area contributed by atoms with E-state index in [1.165, 1.54) is 7.11 Å². The van der Waals surface area contributed by atoms with Gasteiger partial charge in [-0.05, 0) is 0 Å². The second-order valence-corrected chi connectivity index (χ2v) is 1.08. The first kappa shape index (κ1) is 4.89. The van der Waals surface area contributed by atoms with Gasteiger partial charge >= 0.3 is 11.8 Å². The van der Waals surface area contributed by atoms with Crippen molar-refractivity contribution >= 4 is 0 Å². The molecule has 0 amide bonds. The SMILES string of the molecule is COc1n[nH]c(=O)o1. The van der Waals surface area contributed by atoms with Gasteiger partial charge in [-0.1, -0.05) is 5.10 Å². The van der Waals surface area contributed by atoms with E-state index in [1.807, 2.05) is 5.10 Å². The molecule has 5 nitrogen and oxygen atoms in total. The van der Waals surface area contributed by atoms with E-state index in [4.69, 9.17) is 0 Å². The Morgan fingerprint density at radius 3 is 2.88 bits per heavy atom. The number of methoxy groups -OCH3 is 1. The van der Waals surface area contributed by atoms with Crippen LogP contribution in [0.5, 0.6) is 6.08 Å². The van der Waals surface area contributed by atoms with E-state index < -0.39 is 5.76 Å². The summed E-state index contributed by atoms with van der Waals surface area (Å²) in [6.07, 6.45) is -0.0463. The maximum Gasteiger partial charge on any atom is 0.436 e. The number of hydrogen-bond acceptors (Lipinski definition) is 4. The summed E-state index contributed by atoms with van der Waals surface area (Å²) in [6, 6.07) is 0. The molecule has 1 rings (SSSR count). The highest BCUT2D eigenvalue weighted by Gasteiger charge is 1.94. The number of nitrogens with zero attached hydrogens (tertiary/aromatic N) is 1. The molecule has 0 saturated carbocycles. The van der Waals surface area contributed by atoms with Crippen LogP contribution in [0.2, 0.25) is 0 Å². The molecule has 0 aliphatic rings. The topological polar surface area (TPSA) is 68.1 Å². The quantitative estimate of drug-likeness (QED) is 0.530. The molecular formula is C3H4N2O3. The molecule has 44 valence electrons. The summed E-state index contributed by atoms with van der Waals surface area (Å²) >= 11 is 0. The summed E-state index contributed by atoms with van der Waals surface area (Å²) < 4.78 is 8.71. The molecule has 0 saturated heterocycles. The van der Waals surface area contributed by atoms with Crippen molar-refractivity contribution in [3.63, 3.8) is 0 Å². The van der Waals surface area contributed by atoms with E-state index in [9.17, 15) is 4.79 Å². The Bertz CT molecular complexity index is 212. The van der Waals surface area contributed by atoms with Crippen LogP contribution in [0.25, 0.3) is 0 Å². The van der Waals surface area contributed by atoms with Gasteiger partial charge in [-0.3, -0.25) is 0 Å². The molecule has 0 radical (unpaired) electrons. The number of aromatic amines is 1. The fraction of sp³-hybridized carbons (Fsp3) is 0.333. The fourth-order valence-corrected chi connectivity index (χ4v) is 0.304. The molecule has 0 aliphatic carbocycles. The highest BCUT2D eigenvalue weighted by atomic mass is 16.6.